The molecule has 6 nitrogen and oxygen atoms in total. The largest absolute Gasteiger partial charge is 2.00 e. The summed E-state index contributed by atoms with van der Waals surface area (Å²) < 4.78 is 65.3. The van der Waals surface area contributed by atoms with Crippen LogP contribution < -0.4 is 0 Å². The van der Waals surface area contributed by atoms with E-state index >= 15 is 0 Å². The first kappa shape index (κ1) is 24.1. The molecular weight excluding hydrogens is 538 g/mol. The van der Waals surface area contributed by atoms with Gasteiger partial charge in [-0.3, -0.25) is 0 Å². The molecule has 0 saturated heterocycles. The smallest absolute Gasteiger partial charge is 0.744 e. The molecule has 144 valence electrons. The Morgan fingerprint density at radius 3 is 1.14 bits per heavy atom. The molecule has 0 aromatic heterocycles. The second-order valence-electron chi connectivity index (χ2n) is 5.86. The average molecular weight is 552 g/mol. The van der Waals surface area contributed by atoms with Gasteiger partial charge in [0.25, 0.3) is 0 Å². The van der Waals surface area contributed by atoms with E-state index in [1.807, 2.05) is 0 Å². The van der Waals surface area contributed by atoms with Crippen LogP contribution >= 0.6 is 0 Å². The fraction of sp³-hybridized carbons (Fsp3) is 0. The SMILES string of the molecule is O=S(=O)([O-])c1cccc2ccccc12.O=S(=O)([O-])c1cccc2ccccc12.[Ba+2]. The van der Waals surface area contributed by atoms with Crippen molar-refractivity contribution in [2.45, 2.75) is 9.79 Å². The van der Waals surface area contributed by atoms with Crippen molar-refractivity contribution in [3.8, 4) is 0 Å². The maximum atomic E-state index is 10.9. The minimum absolute atomic E-state index is 0. The van der Waals surface area contributed by atoms with Crippen molar-refractivity contribution in [3.05, 3.63) is 84.9 Å². The molecule has 0 aliphatic rings. The predicted molar refractivity (Wildman–Crippen MR) is 110 cm³/mol. The van der Waals surface area contributed by atoms with Crippen molar-refractivity contribution in [2.75, 3.05) is 0 Å². The van der Waals surface area contributed by atoms with Gasteiger partial charge in [0, 0.05) is 0 Å². The number of benzene rings is 4. The van der Waals surface area contributed by atoms with Crippen LogP contribution in [0.1, 0.15) is 0 Å². The quantitative estimate of drug-likeness (QED) is 0.279. The molecule has 4 rings (SSSR count). The van der Waals surface area contributed by atoms with Gasteiger partial charge in [-0.2, -0.15) is 0 Å². The zero-order chi connectivity index (χ0) is 20.4. The fourth-order valence-corrected chi connectivity index (χ4v) is 4.23. The van der Waals surface area contributed by atoms with Crippen LogP contribution in [0, 0.1) is 0 Å². The van der Waals surface area contributed by atoms with Gasteiger partial charge in [-0.05, 0) is 33.7 Å². The molecule has 0 spiro atoms. The first-order valence-corrected chi connectivity index (χ1v) is 10.9. The second-order valence-corrected chi connectivity index (χ2v) is 8.56. The average Bonchev–Trinajstić information content (AvgIpc) is 2.66. The summed E-state index contributed by atoms with van der Waals surface area (Å²) in [7, 11) is -8.76. The molecule has 0 heterocycles. The Bertz CT molecular complexity index is 1250. The van der Waals surface area contributed by atoms with E-state index in [9.17, 15) is 25.9 Å². The third kappa shape index (κ3) is 5.91. The van der Waals surface area contributed by atoms with Crippen molar-refractivity contribution in [2.24, 2.45) is 0 Å². The summed E-state index contributed by atoms with van der Waals surface area (Å²) in [6.07, 6.45) is 0. The molecule has 29 heavy (non-hydrogen) atoms. The van der Waals surface area contributed by atoms with E-state index in [1.165, 1.54) is 12.1 Å². The van der Waals surface area contributed by atoms with E-state index in [0.717, 1.165) is 10.8 Å². The molecule has 0 saturated carbocycles. The van der Waals surface area contributed by atoms with Gasteiger partial charge in [-0.15, -0.1) is 0 Å². The Hall–Kier alpha value is -1.21. The van der Waals surface area contributed by atoms with Crippen LogP contribution in [0.3, 0.4) is 0 Å². The third-order valence-electron chi connectivity index (χ3n) is 4.04. The van der Waals surface area contributed by atoms with E-state index < -0.39 is 20.2 Å². The minimum Gasteiger partial charge on any atom is -0.744 e. The Kier molecular flexibility index (Phi) is 8.08. The van der Waals surface area contributed by atoms with Gasteiger partial charge >= 0.3 is 48.9 Å². The minimum atomic E-state index is -4.38. The molecule has 0 bridgehead atoms. The number of fused-ring (bicyclic) bond motifs is 2. The van der Waals surface area contributed by atoms with Crippen molar-refractivity contribution in [1.82, 2.24) is 0 Å². The van der Waals surface area contributed by atoms with Gasteiger partial charge in [0.15, 0.2) is 0 Å². The van der Waals surface area contributed by atoms with Crippen molar-refractivity contribution >= 4 is 90.7 Å². The zero-order valence-corrected chi connectivity index (χ0v) is 21.1. The summed E-state index contributed by atoms with van der Waals surface area (Å²) in [5, 5.41) is 2.46. The van der Waals surface area contributed by atoms with E-state index in [0.29, 0.717) is 10.8 Å². The molecule has 0 fully saturated rings. The zero-order valence-electron chi connectivity index (χ0n) is 15.1. The van der Waals surface area contributed by atoms with Crippen molar-refractivity contribution in [1.29, 1.82) is 0 Å². The summed E-state index contributed by atoms with van der Waals surface area (Å²) in [4.78, 5) is -0.314. The van der Waals surface area contributed by atoms with Crippen molar-refractivity contribution < 1.29 is 25.9 Å². The summed E-state index contributed by atoms with van der Waals surface area (Å²) in [5.41, 5.74) is 0. The summed E-state index contributed by atoms with van der Waals surface area (Å²) >= 11 is 0. The van der Waals surface area contributed by atoms with E-state index in [4.69, 9.17) is 0 Å². The van der Waals surface area contributed by atoms with Crippen molar-refractivity contribution in [3.63, 3.8) is 0 Å². The van der Waals surface area contributed by atoms with E-state index in [2.05, 4.69) is 0 Å². The monoisotopic (exact) mass is 552 g/mol. The Labute approximate surface area is 209 Å². The van der Waals surface area contributed by atoms with Gasteiger partial charge in [-0.25, -0.2) is 16.8 Å². The number of hydrogen-bond acceptors (Lipinski definition) is 6. The predicted octanol–water partition coefficient (Wildman–Crippen LogP) is 3.11. The topological polar surface area (TPSA) is 114 Å². The maximum absolute atomic E-state index is 10.9. The first-order valence-electron chi connectivity index (χ1n) is 8.05. The Balaban J connectivity index is 0.000000200. The molecule has 4 aromatic rings. The van der Waals surface area contributed by atoms with Gasteiger partial charge in [-0.1, -0.05) is 72.8 Å². The molecule has 0 amide bonds. The van der Waals surface area contributed by atoms with Gasteiger partial charge in [0.05, 0.1) is 9.79 Å². The Morgan fingerprint density at radius 2 is 0.793 bits per heavy atom. The molecule has 9 heteroatoms. The maximum Gasteiger partial charge on any atom is 2.00 e. The molecule has 0 atom stereocenters. The molecule has 0 N–H and O–H groups in total. The second kappa shape index (κ2) is 9.73. The van der Waals surface area contributed by atoms with Crippen LogP contribution in [0.4, 0.5) is 0 Å². The molecule has 4 aromatic carbocycles. The van der Waals surface area contributed by atoms with Crippen LogP contribution in [0.5, 0.6) is 0 Å². The third-order valence-corrected chi connectivity index (χ3v) is 5.83. The van der Waals surface area contributed by atoms with Crippen LogP contribution in [-0.2, 0) is 20.2 Å². The molecule has 0 aliphatic carbocycles. The summed E-state index contributed by atoms with van der Waals surface area (Å²) in [5.74, 6) is 0. The van der Waals surface area contributed by atoms with E-state index in [1.54, 1.807) is 72.8 Å². The molecule has 0 aliphatic heterocycles. The number of rotatable bonds is 2. The Morgan fingerprint density at radius 1 is 0.483 bits per heavy atom. The van der Waals surface area contributed by atoms with E-state index in [-0.39, 0.29) is 58.7 Å². The van der Waals surface area contributed by atoms with Gasteiger partial charge < -0.3 is 9.11 Å². The normalized spacial score (nSPS) is 11.4. The first-order chi connectivity index (χ1) is 13.2. The number of hydrogen-bond donors (Lipinski definition) is 0. The van der Waals surface area contributed by atoms with Crippen LogP contribution in [0.15, 0.2) is 94.7 Å². The van der Waals surface area contributed by atoms with Crippen LogP contribution in [0.25, 0.3) is 21.5 Å². The fourth-order valence-electron chi connectivity index (χ4n) is 2.83. The standard InChI is InChI=1S/2C10H8O3S.Ba/c2*11-14(12,13)10-7-3-5-8-4-1-2-6-9(8)10;/h2*1-7H,(H,11,12,13);/q;;+2/p-2. The summed E-state index contributed by atoms with van der Waals surface area (Å²) in [6, 6.07) is 23.1. The van der Waals surface area contributed by atoms with Gasteiger partial charge in [0.1, 0.15) is 20.2 Å². The summed E-state index contributed by atoms with van der Waals surface area (Å²) in [6.45, 7) is 0. The molecular formula is C20H14BaO6S2. The molecule has 0 unspecified atom stereocenters. The van der Waals surface area contributed by atoms with Gasteiger partial charge in [0.2, 0.25) is 0 Å². The molecule has 0 radical (unpaired) electrons. The van der Waals surface area contributed by atoms with Crippen LogP contribution in [-0.4, -0.2) is 74.8 Å². The van der Waals surface area contributed by atoms with Crippen LogP contribution in [0.2, 0.25) is 0 Å².